The zero-order valence-electron chi connectivity index (χ0n) is 12.4. The van der Waals surface area contributed by atoms with Crippen molar-refractivity contribution in [3.8, 4) is 0 Å². The maximum atomic E-state index is 11.1. The van der Waals surface area contributed by atoms with E-state index < -0.39 is 11.4 Å². The summed E-state index contributed by atoms with van der Waals surface area (Å²) in [5.74, 6) is -0.376. The van der Waals surface area contributed by atoms with E-state index in [1.807, 2.05) is 0 Å². The van der Waals surface area contributed by atoms with Gasteiger partial charge in [-0.2, -0.15) is 0 Å². The SMILES string of the molecule is CC(C)(C)[C@@H]1CCC2(OCCO2)[C@@](O)(CCCO)C1. The van der Waals surface area contributed by atoms with Gasteiger partial charge in [0.1, 0.15) is 5.60 Å². The Morgan fingerprint density at radius 1 is 1.21 bits per heavy atom. The Balaban J connectivity index is 2.18. The van der Waals surface area contributed by atoms with Crippen LogP contribution in [-0.4, -0.2) is 41.4 Å². The zero-order valence-corrected chi connectivity index (χ0v) is 12.4. The third-order valence-corrected chi connectivity index (χ3v) is 4.84. The van der Waals surface area contributed by atoms with Crippen molar-refractivity contribution in [3.05, 3.63) is 0 Å². The quantitative estimate of drug-likeness (QED) is 0.826. The molecular formula is C15H28O4. The summed E-state index contributed by atoms with van der Waals surface area (Å²) in [6.45, 7) is 7.87. The molecule has 2 aliphatic rings. The van der Waals surface area contributed by atoms with Crippen LogP contribution >= 0.6 is 0 Å². The molecule has 0 aromatic rings. The fourth-order valence-corrected chi connectivity index (χ4v) is 3.53. The molecule has 1 aliphatic heterocycles. The standard InChI is InChI=1S/C15H28O4/c1-13(2,3)12-5-7-15(18-9-10-19-15)14(17,11-12)6-4-8-16/h12,16-17H,4-11H2,1-3H3/t12-,14-/m1/s1. The summed E-state index contributed by atoms with van der Waals surface area (Å²) in [6.07, 6.45) is 3.58. The van der Waals surface area contributed by atoms with E-state index in [-0.39, 0.29) is 12.0 Å². The van der Waals surface area contributed by atoms with Crippen molar-refractivity contribution in [2.75, 3.05) is 19.8 Å². The molecule has 2 rings (SSSR count). The van der Waals surface area contributed by atoms with E-state index in [9.17, 15) is 5.11 Å². The Kier molecular flexibility index (Phi) is 4.26. The molecule has 1 heterocycles. The van der Waals surface area contributed by atoms with Crippen LogP contribution in [0.15, 0.2) is 0 Å². The highest BCUT2D eigenvalue weighted by molar-refractivity contribution is 5.03. The predicted molar refractivity (Wildman–Crippen MR) is 72.7 cm³/mol. The molecule has 112 valence electrons. The zero-order chi connectivity index (χ0) is 14.1. The van der Waals surface area contributed by atoms with E-state index in [1.54, 1.807) is 0 Å². The van der Waals surface area contributed by atoms with Gasteiger partial charge in [0.25, 0.3) is 0 Å². The summed E-state index contributed by atoms with van der Waals surface area (Å²) in [4.78, 5) is 0. The third kappa shape index (κ3) is 2.82. The minimum absolute atomic E-state index is 0.0958. The lowest BCUT2D eigenvalue weighted by molar-refractivity contribution is -0.298. The van der Waals surface area contributed by atoms with Gasteiger partial charge in [0, 0.05) is 13.0 Å². The van der Waals surface area contributed by atoms with Gasteiger partial charge in [0.2, 0.25) is 0 Å². The maximum Gasteiger partial charge on any atom is 0.197 e. The lowest BCUT2D eigenvalue weighted by atomic mass is 9.64. The van der Waals surface area contributed by atoms with Crippen molar-refractivity contribution in [1.82, 2.24) is 0 Å². The normalized spacial score (nSPS) is 34.9. The van der Waals surface area contributed by atoms with Gasteiger partial charge in [-0.05, 0) is 37.0 Å². The van der Waals surface area contributed by atoms with Gasteiger partial charge in [0.05, 0.1) is 13.2 Å². The first-order valence-electron chi connectivity index (χ1n) is 7.44. The highest BCUT2D eigenvalue weighted by Gasteiger charge is 2.58. The summed E-state index contributed by atoms with van der Waals surface area (Å²) in [6, 6.07) is 0. The van der Waals surface area contributed by atoms with E-state index in [4.69, 9.17) is 14.6 Å². The molecule has 2 atom stereocenters. The van der Waals surface area contributed by atoms with Gasteiger partial charge < -0.3 is 19.7 Å². The van der Waals surface area contributed by atoms with Gasteiger partial charge in [0.15, 0.2) is 5.79 Å². The number of hydrogen-bond donors (Lipinski definition) is 2. The summed E-state index contributed by atoms with van der Waals surface area (Å²) in [7, 11) is 0. The van der Waals surface area contributed by atoms with Gasteiger partial charge in [-0.25, -0.2) is 0 Å². The third-order valence-electron chi connectivity index (χ3n) is 4.84. The molecule has 19 heavy (non-hydrogen) atoms. The molecule has 4 nitrogen and oxygen atoms in total. The Labute approximate surface area is 116 Å². The molecule has 0 unspecified atom stereocenters. The van der Waals surface area contributed by atoms with E-state index >= 15 is 0 Å². The Bertz CT molecular complexity index is 304. The van der Waals surface area contributed by atoms with Crippen LogP contribution in [0, 0.1) is 11.3 Å². The lowest BCUT2D eigenvalue weighted by Crippen LogP contribution is -2.60. The van der Waals surface area contributed by atoms with Crippen LogP contribution in [0.2, 0.25) is 0 Å². The minimum atomic E-state index is -0.970. The van der Waals surface area contributed by atoms with Crippen molar-refractivity contribution < 1.29 is 19.7 Å². The average molecular weight is 272 g/mol. The molecule has 4 heteroatoms. The smallest absolute Gasteiger partial charge is 0.197 e. The topological polar surface area (TPSA) is 58.9 Å². The summed E-state index contributed by atoms with van der Waals surface area (Å²) < 4.78 is 11.6. The Morgan fingerprint density at radius 3 is 2.37 bits per heavy atom. The molecule has 1 spiro atoms. The number of aliphatic hydroxyl groups is 2. The monoisotopic (exact) mass is 272 g/mol. The fourth-order valence-electron chi connectivity index (χ4n) is 3.53. The molecule has 0 aromatic heterocycles. The van der Waals surface area contributed by atoms with Crippen LogP contribution in [0.25, 0.3) is 0 Å². The number of hydrogen-bond acceptors (Lipinski definition) is 4. The summed E-state index contributed by atoms with van der Waals surface area (Å²) >= 11 is 0. The molecule has 1 saturated heterocycles. The van der Waals surface area contributed by atoms with Gasteiger partial charge in [-0.15, -0.1) is 0 Å². The Hall–Kier alpha value is -0.160. The molecule has 0 amide bonds. The van der Waals surface area contributed by atoms with Gasteiger partial charge in [-0.1, -0.05) is 20.8 Å². The highest BCUT2D eigenvalue weighted by atomic mass is 16.7. The second kappa shape index (κ2) is 5.32. The molecule has 1 saturated carbocycles. The highest BCUT2D eigenvalue weighted by Crippen LogP contribution is 2.51. The predicted octanol–water partition coefficient (Wildman–Crippen LogP) is 2.08. The van der Waals surface area contributed by atoms with Crippen molar-refractivity contribution in [2.24, 2.45) is 11.3 Å². The van der Waals surface area contributed by atoms with Crippen LogP contribution in [0.1, 0.15) is 52.9 Å². The summed E-state index contributed by atoms with van der Waals surface area (Å²) in [5.41, 5.74) is -0.796. The Morgan fingerprint density at radius 2 is 1.84 bits per heavy atom. The first kappa shape index (κ1) is 15.2. The number of rotatable bonds is 3. The fraction of sp³-hybridized carbons (Fsp3) is 1.00. The van der Waals surface area contributed by atoms with E-state index in [1.165, 1.54) is 0 Å². The second-order valence-electron chi connectivity index (χ2n) is 7.11. The maximum absolute atomic E-state index is 11.1. The van der Waals surface area contributed by atoms with Crippen molar-refractivity contribution in [2.45, 2.75) is 64.3 Å². The first-order chi connectivity index (χ1) is 8.83. The van der Waals surface area contributed by atoms with Crippen molar-refractivity contribution in [1.29, 1.82) is 0 Å². The number of ether oxygens (including phenoxy) is 2. The van der Waals surface area contributed by atoms with Crippen molar-refractivity contribution in [3.63, 3.8) is 0 Å². The molecule has 0 bridgehead atoms. The van der Waals surface area contributed by atoms with E-state index in [2.05, 4.69) is 20.8 Å². The number of aliphatic hydroxyl groups excluding tert-OH is 1. The molecular weight excluding hydrogens is 244 g/mol. The van der Waals surface area contributed by atoms with Crippen LogP contribution in [0.4, 0.5) is 0 Å². The van der Waals surface area contributed by atoms with Crippen LogP contribution < -0.4 is 0 Å². The van der Waals surface area contributed by atoms with Crippen LogP contribution in [0.3, 0.4) is 0 Å². The minimum Gasteiger partial charge on any atom is -0.396 e. The van der Waals surface area contributed by atoms with Crippen LogP contribution in [0.5, 0.6) is 0 Å². The van der Waals surface area contributed by atoms with Gasteiger partial charge >= 0.3 is 0 Å². The van der Waals surface area contributed by atoms with Gasteiger partial charge in [-0.3, -0.25) is 0 Å². The van der Waals surface area contributed by atoms with Crippen LogP contribution in [-0.2, 0) is 9.47 Å². The van der Waals surface area contributed by atoms with E-state index in [0.29, 0.717) is 38.4 Å². The lowest BCUT2D eigenvalue weighted by Gasteiger charge is -2.51. The molecule has 2 N–H and O–H groups in total. The average Bonchev–Trinajstić information content (AvgIpc) is 2.79. The summed E-state index contributed by atoms with van der Waals surface area (Å²) in [5, 5.41) is 20.2. The molecule has 0 radical (unpaired) electrons. The van der Waals surface area contributed by atoms with E-state index in [0.717, 1.165) is 12.8 Å². The first-order valence-corrected chi connectivity index (χ1v) is 7.44. The molecule has 0 aromatic carbocycles. The molecule has 1 aliphatic carbocycles. The molecule has 2 fully saturated rings. The largest absolute Gasteiger partial charge is 0.396 e. The second-order valence-corrected chi connectivity index (χ2v) is 7.11. The van der Waals surface area contributed by atoms with Crippen molar-refractivity contribution >= 4 is 0 Å².